The summed E-state index contributed by atoms with van der Waals surface area (Å²) in [5.41, 5.74) is 1.63. The third kappa shape index (κ3) is 3.75. The molecular weight excluding hydrogens is 248 g/mol. The van der Waals surface area contributed by atoms with Gasteiger partial charge in [0.15, 0.2) is 0 Å². The quantitative estimate of drug-likeness (QED) is 0.728. The van der Waals surface area contributed by atoms with Crippen LogP contribution in [0.15, 0.2) is 42.5 Å². The molecule has 18 heavy (non-hydrogen) atoms. The van der Waals surface area contributed by atoms with Crippen LogP contribution in [0.4, 0.5) is 0 Å². The fraction of sp³-hybridized carbons (Fsp3) is 0. The largest absolute Gasteiger partial charge is 2.00 e. The van der Waals surface area contributed by atoms with E-state index in [1.165, 1.54) is 6.07 Å². The van der Waals surface area contributed by atoms with Crippen LogP contribution in [-0.2, 0) is 13.5 Å². The summed E-state index contributed by atoms with van der Waals surface area (Å²) in [4.78, 5) is 0. The third-order valence-electron chi connectivity index (χ3n) is 2.29. The van der Waals surface area contributed by atoms with Gasteiger partial charge >= 0.3 is 1.43 Å². The Morgan fingerprint density at radius 1 is 0.667 bits per heavy atom. The predicted octanol–water partition coefficient (Wildman–Crippen LogP) is 3.08. The second kappa shape index (κ2) is 6.02. The molecule has 4 heteroatoms. The van der Waals surface area contributed by atoms with Gasteiger partial charge in [0, 0.05) is 6.07 Å². The summed E-state index contributed by atoms with van der Waals surface area (Å²) in [5.74, 6) is 0.267. The van der Waals surface area contributed by atoms with E-state index in [-0.39, 0.29) is 32.2 Å². The first-order chi connectivity index (χ1) is 8.13. The number of benzene rings is 2. The number of hydrogen-bond acceptors (Lipinski definition) is 3. The molecule has 0 atom stereocenters. The average Bonchev–Trinajstić information content (AvgIpc) is 2.27. The zero-order valence-electron chi connectivity index (χ0n) is 10.4. The fourth-order valence-electron chi connectivity index (χ4n) is 1.49. The van der Waals surface area contributed by atoms with Crippen LogP contribution >= 0.6 is 0 Å². The highest BCUT2D eigenvalue weighted by molar-refractivity contribution is 7.37. The van der Waals surface area contributed by atoms with Crippen molar-refractivity contribution in [3.8, 4) is 17.2 Å². The van der Waals surface area contributed by atoms with Crippen molar-refractivity contribution in [3.63, 3.8) is 0 Å². The molecule has 94 valence electrons. The van der Waals surface area contributed by atoms with Crippen molar-refractivity contribution in [3.05, 3.63) is 53.6 Å². The Bertz CT molecular complexity index is 533. The molecule has 0 fully saturated rings. The van der Waals surface area contributed by atoms with Crippen molar-refractivity contribution in [2.45, 2.75) is 0 Å². The lowest BCUT2D eigenvalue weighted by Gasteiger charge is -2.00. The van der Waals surface area contributed by atoms with Gasteiger partial charge in [-0.15, -0.1) is 0 Å². The first-order valence-electron chi connectivity index (χ1n) is 5.13. The van der Waals surface area contributed by atoms with E-state index in [0.29, 0.717) is 5.56 Å². The van der Waals surface area contributed by atoms with Gasteiger partial charge in [0.2, 0.25) is 0 Å². The molecule has 3 nitrogen and oxygen atoms in total. The summed E-state index contributed by atoms with van der Waals surface area (Å²) in [6.07, 6.45) is 3.60. The van der Waals surface area contributed by atoms with Crippen LogP contribution in [-0.4, -0.2) is 15.3 Å². The molecule has 3 N–H and O–H groups in total. The SMILES string of the molecule is Oc1ccc(/C=C/c2cc(O)cc(O)c2)cc1.[H+].[S-2]. The molecule has 0 heterocycles. The standard InChI is InChI=1S/C14H12O3.S/c15-12-5-3-10(4-6-12)1-2-11-7-13(16)9-14(17)8-11;/h1-9,15-17H;/q;-2/p+1/b2-1+;. The highest BCUT2D eigenvalue weighted by Crippen LogP contribution is 2.22. The molecule has 0 spiro atoms. The first-order valence-corrected chi connectivity index (χ1v) is 5.13. The highest BCUT2D eigenvalue weighted by atomic mass is 32.1. The normalized spacial score (nSPS) is 10.2. The van der Waals surface area contributed by atoms with E-state index in [1.54, 1.807) is 42.5 Å². The minimum Gasteiger partial charge on any atom is -2.00 e. The minimum absolute atomic E-state index is 0. The molecule has 2 rings (SSSR count). The van der Waals surface area contributed by atoms with Crippen LogP contribution in [0.25, 0.3) is 12.2 Å². The van der Waals surface area contributed by atoms with Crippen molar-refractivity contribution in [1.82, 2.24) is 0 Å². The van der Waals surface area contributed by atoms with Crippen LogP contribution in [0.1, 0.15) is 12.6 Å². The summed E-state index contributed by atoms with van der Waals surface area (Å²) in [7, 11) is 0. The van der Waals surface area contributed by atoms with Gasteiger partial charge in [-0.3, -0.25) is 0 Å². The Balaban J connectivity index is 0.00000162. The smallest absolute Gasteiger partial charge is 1.00 e. The molecule has 0 bridgehead atoms. The molecule has 0 saturated heterocycles. The summed E-state index contributed by atoms with van der Waals surface area (Å²) in [6.45, 7) is 0. The van der Waals surface area contributed by atoms with Crippen molar-refractivity contribution in [2.24, 2.45) is 0 Å². The monoisotopic (exact) mass is 261 g/mol. The Labute approximate surface area is 114 Å². The van der Waals surface area contributed by atoms with Crippen LogP contribution in [0.3, 0.4) is 0 Å². The second-order valence-corrected chi connectivity index (χ2v) is 3.71. The van der Waals surface area contributed by atoms with Crippen LogP contribution in [0, 0.1) is 0 Å². The molecule has 0 aliphatic rings. The van der Waals surface area contributed by atoms with E-state index >= 15 is 0 Å². The van der Waals surface area contributed by atoms with Crippen LogP contribution in [0.2, 0.25) is 0 Å². The number of phenols is 3. The molecule has 2 aromatic rings. The molecular formula is C14H13O3S-. The summed E-state index contributed by atoms with van der Waals surface area (Å²) in [6, 6.07) is 11.1. The molecule has 2 aromatic carbocycles. The van der Waals surface area contributed by atoms with Crippen LogP contribution < -0.4 is 0 Å². The molecule has 0 aliphatic heterocycles. The highest BCUT2D eigenvalue weighted by Gasteiger charge is 1.95. The Morgan fingerprint density at radius 2 is 1.17 bits per heavy atom. The van der Waals surface area contributed by atoms with Gasteiger partial charge in [-0.1, -0.05) is 24.3 Å². The zero-order valence-corrected chi connectivity index (χ0v) is 10.3. The Hall–Kier alpha value is -2.07. The molecule has 0 unspecified atom stereocenters. The van der Waals surface area contributed by atoms with E-state index in [1.807, 2.05) is 6.08 Å². The van der Waals surface area contributed by atoms with Crippen molar-refractivity contribution in [1.29, 1.82) is 0 Å². The van der Waals surface area contributed by atoms with E-state index in [0.717, 1.165) is 5.56 Å². The molecule has 0 aromatic heterocycles. The summed E-state index contributed by atoms with van der Waals surface area (Å²) >= 11 is 0. The number of aromatic hydroxyl groups is 3. The summed E-state index contributed by atoms with van der Waals surface area (Å²) in [5, 5.41) is 27.7. The van der Waals surface area contributed by atoms with Gasteiger partial charge in [0.25, 0.3) is 0 Å². The number of rotatable bonds is 2. The Morgan fingerprint density at radius 3 is 1.72 bits per heavy atom. The minimum atomic E-state index is 0. The average molecular weight is 261 g/mol. The maximum atomic E-state index is 9.30. The maximum absolute atomic E-state index is 9.30. The number of phenolic OH excluding ortho intramolecular Hbond substituents is 3. The van der Waals surface area contributed by atoms with Crippen molar-refractivity contribution < 1.29 is 16.7 Å². The van der Waals surface area contributed by atoms with E-state index < -0.39 is 0 Å². The van der Waals surface area contributed by atoms with Gasteiger partial charge in [-0.25, -0.2) is 0 Å². The predicted molar refractivity (Wildman–Crippen MR) is 75.3 cm³/mol. The summed E-state index contributed by atoms with van der Waals surface area (Å²) < 4.78 is 0. The van der Waals surface area contributed by atoms with Gasteiger partial charge < -0.3 is 28.8 Å². The molecule has 0 saturated carbocycles. The lowest BCUT2D eigenvalue weighted by atomic mass is 10.1. The van der Waals surface area contributed by atoms with Gasteiger partial charge in [0.05, 0.1) is 0 Å². The second-order valence-electron chi connectivity index (χ2n) is 3.71. The van der Waals surface area contributed by atoms with Gasteiger partial charge in [0.1, 0.15) is 17.2 Å². The number of hydrogen-bond donors (Lipinski definition) is 3. The zero-order chi connectivity index (χ0) is 12.3. The topological polar surface area (TPSA) is 60.7 Å². The fourth-order valence-corrected chi connectivity index (χ4v) is 1.49. The van der Waals surface area contributed by atoms with Gasteiger partial charge in [-0.2, -0.15) is 0 Å². The van der Waals surface area contributed by atoms with E-state index in [2.05, 4.69) is 0 Å². The third-order valence-corrected chi connectivity index (χ3v) is 2.29. The van der Waals surface area contributed by atoms with Gasteiger partial charge in [-0.05, 0) is 35.4 Å². The Kier molecular flexibility index (Phi) is 4.68. The maximum Gasteiger partial charge on any atom is 1.00 e. The first kappa shape index (κ1) is 14.0. The van der Waals surface area contributed by atoms with Crippen molar-refractivity contribution in [2.75, 3.05) is 0 Å². The van der Waals surface area contributed by atoms with Crippen molar-refractivity contribution >= 4 is 25.6 Å². The lowest BCUT2D eigenvalue weighted by Crippen LogP contribution is -1.74. The molecule has 0 aliphatic carbocycles. The van der Waals surface area contributed by atoms with E-state index in [9.17, 15) is 10.2 Å². The molecule has 0 radical (unpaired) electrons. The molecule has 0 amide bonds. The lowest BCUT2D eigenvalue weighted by molar-refractivity contribution is 0.450. The van der Waals surface area contributed by atoms with E-state index in [4.69, 9.17) is 5.11 Å². The van der Waals surface area contributed by atoms with Crippen LogP contribution in [0.5, 0.6) is 17.2 Å².